The van der Waals surface area contributed by atoms with E-state index in [4.69, 9.17) is 5.73 Å². The molecule has 5 nitrogen and oxygen atoms in total. The highest BCUT2D eigenvalue weighted by Crippen LogP contribution is 2.27. The molecule has 0 aromatic carbocycles. The molecule has 1 aliphatic heterocycles. The van der Waals surface area contributed by atoms with Crippen LogP contribution in [0.15, 0.2) is 0 Å². The Bertz CT molecular complexity index is 338. The molecular formula is C14H25N3O2. The van der Waals surface area contributed by atoms with Crippen LogP contribution in [-0.2, 0) is 9.59 Å². The van der Waals surface area contributed by atoms with Gasteiger partial charge in [-0.2, -0.15) is 0 Å². The average Bonchev–Trinajstić information content (AvgIpc) is 2.46. The Kier molecular flexibility index (Phi) is 4.80. The van der Waals surface area contributed by atoms with Crippen molar-refractivity contribution in [1.29, 1.82) is 0 Å². The lowest BCUT2D eigenvalue weighted by molar-refractivity contribution is -0.140. The maximum absolute atomic E-state index is 12.5. The Labute approximate surface area is 114 Å². The quantitative estimate of drug-likeness (QED) is 0.764. The highest BCUT2D eigenvalue weighted by atomic mass is 16.2. The van der Waals surface area contributed by atoms with Gasteiger partial charge in [0.2, 0.25) is 11.8 Å². The number of carbonyl (C=O) groups is 2. The van der Waals surface area contributed by atoms with Crippen LogP contribution >= 0.6 is 0 Å². The molecule has 0 bridgehead atoms. The molecule has 2 rings (SSSR count). The molecule has 1 unspecified atom stereocenters. The molecule has 1 saturated heterocycles. The van der Waals surface area contributed by atoms with Crippen molar-refractivity contribution in [1.82, 2.24) is 10.2 Å². The summed E-state index contributed by atoms with van der Waals surface area (Å²) in [7, 11) is 1.66. The van der Waals surface area contributed by atoms with E-state index in [9.17, 15) is 9.59 Å². The smallest absolute Gasteiger partial charge is 0.225 e. The highest BCUT2D eigenvalue weighted by molar-refractivity contribution is 5.82. The van der Waals surface area contributed by atoms with Gasteiger partial charge in [0.15, 0.2) is 0 Å². The number of amides is 2. The zero-order chi connectivity index (χ0) is 13.8. The minimum atomic E-state index is -0.0338. The molecule has 1 heterocycles. The van der Waals surface area contributed by atoms with E-state index in [1.54, 1.807) is 7.05 Å². The van der Waals surface area contributed by atoms with Crippen LogP contribution in [0.25, 0.3) is 0 Å². The van der Waals surface area contributed by atoms with Gasteiger partial charge >= 0.3 is 0 Å². The van der Waals surface area contributed by atoms with Crippen LogP contribution in [0.2, 0.25) is 0 Å². The molecule has 2 aliphatic rings. The zero-order valence-electron chi connectivity index (χ0n) is 11.7. The monoisotopic (exact) mass is 267 g/mol. The van der Waals surface area contributed by atoms with E-state index in [1.807, 2.05) is 4.90 Å². The van der Waals surface area contributed by atoms with E-state index in [-0.39, 0.29) is 29.7 Å². The van der Waals surface area contributed by atoms with Crippen LogP contribution in [0.3, 0.4) is 0 Å². The van der Waals surface area contributed by atoms with Gasteiger partial charge in [-0.05, 0) is 38.5 Å². The van der Waals surface area contributed by atoms with Crippen molar-refractivity contribution in [2.75, 3.05) is 20.1 Å². The number of nitrogens with two attached hydrogens (primary N) is 1. The lowest BCUT2D eigenvalue weighted by Gasteiger charge is -2.36. The lowest BCUT2D eigenvalue weighted by Crippen LogP contribution is -2.47. The third kappa shape index (κ3) is 3.47. The second-order valence-electron chi connectivity index (χ2n) is 5.85. The lowest BCUT2D eigenvalue weighted by atomic mass is 9.85. The first-order chi connectivity index (χ1) is 9.11. The van der Waals surface area contributed by atoms with Gasteiger partial charge in [-0.15, -0.1) is 0 Å². The van der Waals surface area contributed by atoms with Crippen molar-refractivity contribution in [3.63, 3.8) is 0 Å². The Balaban J connectivity index is 1.90. The van der Waals surface area contributed by atoms with Crippen LogP contribution in [0.5, 0.6) is 0 Å². The molecule has 19 heavy (non-hydrogen) atoms. The van der Waals surface area contributed by atoms with Gasteiger partial charge in [0, 0.05) is 32.1 Å². The van der Waals surface area contributed by atoms with Gasteiger partial charge < -0.3 is 16.0 Å². The minimum absolute atomic E-state index is 0.0338. The third-order valence-electron chi connectivity index (χ3n) is 4.47. The third-order valence-corrected chi connectivity index (χ3v) is 4.47. The van der Waals surface area contributed by atoms with Crippen molar-refractivity contribution in [2.24, 2.45) is 17.6 Å². The molecule has 2 fully saturated rings. The molecule has 0 radical (unpaired) electrons. The Hall–Kier alpha value is -1.10. The molecule has 0 spiro atoms. The zero-order valence-corrected chi connectivity index (χ0v) is 11.7. The number of hydrogen-bond acceptors (Lipinski definition) is 3. The predicted octanol–water partition coefficient (Wildman–Crippen LogP) is 0.489. The number of likely N-dealkylation sites (tertiary alicyclic amines) is 1. The topological polar surface area (TPSA) is 75.4 Å². The summed E-state index contributed by atoms with van der Waals surface area (Å²) < 4.78 is 0. The average molecular weight is 267 g/mol. The van der Waals surface area contributed by atoms with Crippen molar-refractivity contribution < 1.29 is 9.59 Å². The van der Waals surface area contributed by atoms with E-state index in [0.717, 1.165) is 45.1 Å². The molecule has 1 atom stereocenters. The van der Waals surface area contributed by atoms with E-state index >= 15 is 0 Å². The molecule has 0 aromatic heterocycles. The summed E-state index contributed by atoms with van der Waals surface area (Å²) >= 11 is 0. The Morgan fingerprint density at radius 1 is 1.11 bits per heavy atom. The Morgan fingerprint density at radius 2 is 1.79 bits per heavy atom. The summed E-state index contributed by atoms with van der Waals surface area (Å²) in [6.45, 7) is 1.38. The maximum Gasteiger partial charge on any atom is 0.225 e. The Morgan fingerprint density at radius 3 is 2.42 bits per heavy atom. The number of carbonyl (C=O) groups excluding carboxylic acids is 2. The fourth-order valence-electron chi connectivity index (χ4n) is 3.22. The minimum Gasteiger partial charge on any atom is -0.359 e. The van der Waals surface area contributed by atoms with E-state index in [1.165, 1.54) is 0 Å². The number of nitrogens with zero attached hydrogens (tertiary/aromatic N) is 1. The van der Waals surface area contributed by atoms with Gasteiger partial charge in [0.1, 0.15) is 0 Å². The van der Waals surface area contributed by atoms with Gasteiger partial charge in [-0.1, -0.05) is 0 Å². The second kappa shape index (κ2) is 6.37. The summed E-state index contributed by atoms with van der Waals surface area (Å²) in [5.41, 5.74) is 5.88. The molecule has 0 aromatic rings. The van der Waals surface area contributed by atoms with Crippen LogP contribution in [0.4, 0.5) is 0 Å². The summed E-state index contributed by atoms with van der Waals surface area (Å²) in [4.78, 5) is 26.1. The summed E-state index contributed by atoms with van der Waals surface area (Å²) in [6.07, 6.45) is 5.52. The number of rotatable bonds is 2. The first-order valence-electron chi connectivity index (χ1n) is 7.37. The van der Waals surface area contributed by atoms with Crippen LogP contribution in [0, 0.1) is 11.8 Å². The van der Waals surface area contributed by atoms with E-state index < -0.39 is 0 Å². The summed E-state index contributed by atoms with van der Waals surface area (Å²) in [6, 6.07) is 0.268. The van der Waals surface area contributed by atoms with Crippen molar-refractivity contribution in [3.05, 3.63) is 0 Å². The fraction of sp³-hybridized carbons (Fsp3) is 0.857. The summed E-state index contributed by atoms with van der Waals surface area (Å²) in [5.74, 6) is 0.389. The number of hydrogen-bond donors (Lipinski definition) is 2. The molecule has 3 N–H and O–H groups in total. The van der Waals surface area contributed by atoms with E-state index in [2.05, 4.69) is 5.32 Å². The number of nitrogens with one attached hydrogen (secondary N) is 1. The second-order valence-corrected chi connectivity index (χ2v) is 5.85. The first kappa shape index (κ1) is 14.3. The highest BCUT2D eigenvalue weighted by Gasteiger charge is 2.32. The van der Waals surface area contributed by atoms with Crippen LogP contribution in [-0.4, -0.2) is 42.9 Å². The molecule has 2 amide bonds. The summed E-state index contributed by atoms with van der Waals surface area (Å²) in [5, 5.41) is 2.69. The first-order valence-corrected chi connectivity index (χ1v) is 7.37. The molecular weight excluding hydrogens is 242 g/mol. The van der Waals surface area contributed by atoms with Crippen molar-refractivity contribution >= 4 is 11.8 Å². The normalized spacial score (nSPS) is 31.9. The largest absolute Gasteiger partial charge is 0.359 e. The molecule has 1 saturated carbocycles. The van der Waals surface area contributed by atoms with Gasteiger partial charge in [-0.25, -0.2) is 0 Å². The molecule has 5 heteroatoms. The van der Waals surface area contributed by atoms with Crippen LogP contribution in [0.1, 0.15) is 38.5 Å². The maximum atomic E-state index is 12.5. The molecule has 108 valence electrons. The van der Waals surface area contributed by atoms with Gasteiger partial charge in [0.05, 0.1) is 5.92 Å². The molecule has 1 aliphatic carbocycles. The van der Waals surface area contributed by atoms with Gasteiger partial charge in [-0.3, -0.25) is 9.59 Å². The fourth-order valence-corrected chi connectivity index (χ4v) is 3.22. The predicted molar refractivity (Wildman–Crippen MR) is 73.3 cm³/mol. The van der Waals surface area contributed by atoms with Crippen LogP contribution < -0.4 is 11.1 Å². The van der Waals surface area contributed by atoms with E-state index in [0.29, 0.717) is 6.54 Å². The SMILES string of the molecule is CNC(=O)C1CCCN(C(=O)C2CCC(N)CC2)C1. The standard InChI is InChI=1S/C14H25N3O2/c1-16-13(18)11-3-2-8-17(9-11)14(19)10-4-6-12(15)7-5-10/h10-12H,2-9,15H2,1H3,(H,16,18). The van der Waals surface area contributed by atoms with Crippen molar-refractivity contribution in [2.45, 2.75) is 44.6 Å². The number of piperidine rings is 1. The van der Waals surface area contributed by atoms with Crippen molar-refractivity contribution in [3.8, 4) is 0 Å². The van der Waals surface area contributed by atoms with Gasteiger partial charge in [0.25, 0.3) is 0 Å².